The second kappa shape index (κ2) is 6.53. The Morgan fingerprint density at radius 1 is 1.53 bits per heavy atom. The summed E-state index contributed by atoms with van der Waals surface area (Å²) in [5.74, 6) is 0.937. The van der Waals surface area contributed by atoms with Gasteiger partial charge in [-0.15, -0.1) is 11.8 Å². The number of halogens is 1. The van der Waals surface area contributed by atoms with E-state index in [2.05, 4.69) is 34.1 Å². The molecule has 0 fully saturated rings. The minimum absolute atomic E-state index is 0.0674. The van der Waals surface area contributed by atoms with Crippen molar-refractivity contribution in [3.63, 3.8) is 0 Å². The van der Waals surface area contributed by atoms with Gasteiger partial charge in [0, 0.05) is 27.8 Å². The summed E-state index contributed by atoms with van der Waals surface area (Å²) in [5.41, 5.74) is 6.93. The van der Waals surface area contributed by atoms with Gasteiger partial charge in [-0.1, -0.05) is 6.07 Å². The number of hydrogen-bond acceptors (Lipinski definition) is 3. The lowest BCUT2D eigenvalue weighted by molar-refractivity contribution is 0.296. The zero-order valence-corrected chi connectivity index (χ0v) is 11.1. The SMILES string of the molecule is C[C@H](N)c1ccc(SCCCO)c(Br)c1. The number of aliphatic hydroxyl groups is 1. The van der Waals surface area contributed by atoms with Crippen molar-refractivity contribution >= 4 is 27.7 Å². The van der Waals surface area contributed by atoms with E-state index < -0.39 is 0 Å². The van der Waals surface area contributed by atoms with Crippen LogP contribution in [0.5, 0.6) is 0 Å². The molecule has 4 heteroatoms. The van der Waals surface area contributed by atoms with Gasteiger partial charge >= 0.3 is 0 Å². The normalized spacial score (nSPS) is 12.8. The fraction of sp³-hybridized carbons (Fsp3) is 0.455. The first-order valence-electron chi connectivity index (χ1n) is 4.94. The Bertz CT molecular complexity index is 317. The third-order valence-corrected chi connectivity index (χ3v) is 4.12. The highest BCUT2D eigenvalue weighted by molar-refractivity contribution is 9.10. The molecule has 15 heavy (non-hydrogen) atoms. The predicted molar refractivity (Wildman–Crippen MR) is 69.2 cm³/mol. The van der Waals surface area contributed by atoms with Crippen molar-refractivity contribution in [2.24, 2.45) is 5.73 Å². The highest BCUT2D eigenvalue weighted by atomic mass is 79.9. The monoisotopic (exact) mass is 289 g/mol. The number of nitrogens with two attached hydrogens (primary N) is 1. The lowest BCUT2D eigenvalue weighted by Crippen LogP contribution is -2.04. The van der Waals surface area contributed by atoms with E-state index in [4.69, 9.17) is 10.8 Å². The fourth-order valence-electron chi connectivity index (χ4n) is 1.16. The van der Waals surface area contributed by atoms with E-state index in [1.54, 1.807) is 11.8 Å². The van der Waals surface area contributed by atoms with Crippen molar-refractivity contribution in [1.29, 1.82) is 0 Å². The summed E-state index contributed by atoms with van der Waals surface area (Å²) >= 11 is 5.27. The summed E-state index contributed by atoms with van der Waals surface area (Å²) in [4.78, 5) is 1.20. The Hall–Kier alpha value is -0.0300. The van der Waals surface area contributed by atoms with Crippen LogP contribution in [-0.2, 0) is 0 Å². The van der Waals surface area contributed by atoms with E-state index in [1.165, 1.54) is 4.90 Å². The molecular weight excluding hydrogens is 274 g/mol. The summed E-state index contributed by atoms with van der Waals surface area (Å²) in [6.45, 7) is 2.23. The van der Waals surface area contributed by atoms with Crippen LogP contribution in [0.25, 0.3) is 0 Å². The molecule has 1 atom stereocenters. The zero-order valence-electron chi connectivity index (χ0n) is 8.74. The molecule has 84 valence electrons. The Morgan fingerprint density at radius 2 is 2.27 bits per heavy atom. The van der Waals surface area contributed by atoms with Crippen molar-refractivity contribution in [3.05, 3.63) is 28.2 Å². The van der Waals surface area contributed by atoms with Crippen LogP contribution in [0.3, 0.4) is 0 Å². The molecule has 2 nitrogen and oxygen atoms in total. The highest BCUT2D eigenvalue weighted by Crippen LogP contribution is 2.29. The van der Waals surface area contributed by atoms with E-state index in [0.717, 1.165) is 22.2 Å². The van der Waals surface area contributed by atoms with E-state index in [-0.39, 0.29) is 12.6 Å². The molecule has 0 bridgehead atoms. The second-order valence-corrected chi connectivity index (χ2v) is 5.40. The highest BCUT2D eigenvalue weighted by Gasteiger charge is 2.04. The molecule has 0 saturated carbocycles. The average Bonchev–Trinajstić information content (AvgIpc) is 2.20. The van der Waals surface area contributed by atoms with Gasteiger partial charge in [0.1, 0.15) is 0 Å². The minimum Gasteiger partial charge on any atom is -0.396 e. The molecular formula is C11H16BrNOS. The van der Waals surface area contributed by atoms with E-state index in [9.17, 15) is 0 Å². The van der Waals surface area contributed by atoms with Crippen LogP contribution in [0.1, 0.15) is 24.9 Å². The van der Waals surface area contributed by atoms with Gasteiger partial charge in [-0.2, -0.15) is 0 Å². The van der Waals surface area contributed by atoms with Gasteiger partial charge < -0.3 is 10.8 Å². The van der Waals surface area contributed by atoms with Gasteiger partial charge in [-0.3, -0.25) is 0 Å². The first kappa shape index (κ1) is 13.0. The Morgan fingerprint density at radius 3 is 2.80 bits per heavy atom. The van der Waals surface area contributed by atoms with Crippen molar-refractivity contribution in [1.82, 2.24) is 0 Å². The standard InChI is InChI=1S/C11H16BrNOS/c1-8(13)9-3-4-11(10(12)7-9)15-6-2-5-14/h3-4,7-8,14H,2,5-6,13H2,1H3/t8-/m0/s1. The van der Waals surface area contributed by atoms with Gasteiger partial charge in [0.25, 0.3) is 0 Å². The molecule has 1 aromatic carbocycles. The first-order chi connectivity index (χ1) is 7.15. The number of benzene rings is 1. The fourth-order valence-corrected chi connectivity index (χ4v) is 2.76. The summed E-state index contributed by atoms with van der Waals surface area (Å²) in [6.07, 6.45) is 0.826. The molecule has 0 heterocycles. The molecule has 3 N–H and O–H groups in total. The molecule has 1 rings (SSSR count). The molecule has 0 aliphatic heterocycles. The van der Waals surface area contributed by atoms with Crippen LogP contribution in [0.4, 0.5) is 0 Å². The van der Waals surface area contributed by atoms with Crippen LogP contribution in [0.2, 0.25) is 0 Å². The maximum Gasteiger partial charge on any atom is 0.0439 e. The maximum absolute atomic E-state index is 8.69. The summed E-state index contributed by atoms with van der Waals surface area (Å²) in [7, 11) is 0. The number of hydrogen-bond donors (Lipinski definition) is 2. The largest absolute Gasteiger partial charge is 0.396 e. The molecule has 0 spiro atoms. The summed E-state index contributed by atoms with van der Waals surface area (Å²) < 4.78 is 1.08. The lowest BCUT2D eigenvalue weighted by atomic mass is 10.1. The van der Waals surface area contributed by atoms with Gasteiger partial charge in [0.05, 0.1) is 0 Å². The lowest BCUT2D eigenvalue weighted by Gasteiger charge is -2.09. The van der Waals surface area contributed by atoms with Crippen LogP contribution in [0.15, 0.2) is 27.6 Å². The molecule has 0 aliphatic carbocycles. The van der Waals surface area contributed by atoms with E-state index in [0.29, 0.717) is 0 Å². The molecule has 1 aromatic rings. The maximum atomic E-state index is 8.69. The molecule has 0 unspecified atom stereocenters. The van der Waals surface area contributed by atoms with Gasteiger partial charge in [0.2, 0.25) is 0 Å². The van der Waals surface area contributed by atoms with Gasteiger partial charge in [0.15, 0.2) is 0 Å². The van der Waals surface area contributed by atoms with E-state index >= 15 is 0 Å². The van der Waals surface area contributed by atoms with Crippen molar-refractivity contribution in [2.75, 3.05) is 12.4 Å². The quantitative estimate of drug-likeness (QED) is 0.647. The van der Waals surface area contributed by atoms with Crippen LogP contribution >= 0.6 is 27.7 Å². The van der Waals surface area contributed by atoms with Crippen molar-refractivity contribution in [2.45, 2.75) is 24.3 Å². The van der Waals surface area contributed by atoms with Crippen LogP contribution in [0, 0.1) is 0 Å². The van der Waals surface area contributed by atoms with Gasteiger partial charge in [-0.05, 0) is 47.0 Å². The Kier molecular flexibility index (Phi) is 5.68. The van der Waals surface area contributed by atoms with Crippen LogP contribution < -0.4 is 5.73 Å². The van der Waals surface area contributed by atoms with E-state index in [1.807, 2.05) is 6.92 Å². The minimum atomic E-state index is 0.0674. The topological polar surface area (TPSA) is 46.2 Å². The number of rotatable bonds is 5. The molecule has 0 radical (unpaired) electrons. The van der Waals surface area contributed by atoms with Crippen molar-refractivity contribution < 1.29 is 5.11 Å². The third kappa shape index (κ3) is 4.15. The zero-order chi connectivity index (χ0) is 11.3. The smallest absolute Gasteiger partial charge is 0.0439 e. The Balaban J connectivity index is 2.66. The third-order valence-electron chi connectivity index (χ3n) is 2.04. The molecule has 0 aromatic heterocycles. The molecule has 0 saturated heterocycles. The predicted octanol–water partition coefficient (Wildman–Crippen LogP) is 2.94. The summed E-state index contributed by atoms with van der Waals surface area (Å²) in [6, 6.07) is 6.26. The second-order valence-electron chi connectivity index (χ2n) is 3.40. The average molecular weight is 290 g/mol. The van der Waals surface area contributed by atoms with Crippen LogP contribution in [-0.4, -0.2) is 17.5 Å². The van der Waals surface area contributed by atoms with Gasteiger partial charge in [-0.25, -0.2) is 0 Å². The Labute approximate surface area is 103 Å². The first-order valence-corrected chi connectivity index (χ1v) is 6.71. The molecule has 0 amide bonds. The summed E-state index contributed by atoms with van der Waals surface area (Å²) in [5, 5.41) is 8.69. The van der Waals surface area contributed by atoms with Crippen molar-refractivity contribution in [3.8, 4) is 0 Å². The molecule has 0 aliphatic rings. The number of aliphatic hydroxyl groups excluding tert-OH is 1. The number of thioether (sulfide) groups is 1.